The molecule has 2 aliphatic rings. The van der Waals surface area contributed by atoms with Crippen molar-refractivity contribution >= 4 is 22.4 Å². The van der Waals surface area contributed by atoms with Crippen LogP contribution in [0.5, 0.6) is 5.75 Å². The smallest absolute Gasteiger partial charge is 0.550 e. The van der Waals surface area contributed by atoms with Crippen LogP contribution in [0.3, 0.4) is 0 Å². The minimum Gasteiger partial charge on any atom is -0.550 e. The molecule has 1 heterocycles. The molecule has 34 heavy (non-hydrogen) atoms. The molecule has 0 amide bonds. The minimum absolute atomic E-state index is 0. The molecule has 2 aromatic rings. The van der Waals surface area contributed by atoms with E-state index in [4.69, 9.17) is 9.72 Å². The molecular formula is C27H37N2NaO3S. The predicted molar refractivity (Wildman–Crippen MR) is 133 cm³/mol. The van der Waals surface area contributed by atoms with Gasteiger partial charge < -0.3 is 19.5 Å². The Hall–Kier alpha value is -1.08. The van der Waals surface area contributed by atoms with Gasteiger partial charge in [-0.2, -0.15) is 0 Å². The first-order chi connectivity index (χ1) is 15.8. The van der Waals surface area contributed by atoms with Gasteiger partial charge in [0.15, 0.2) is 5.13 Å². The van der Waals surface area contributed by atoms with E-state index in [1.54, 1.807) is 11.3 Å². The Morgan fingerprint density at radius 1 is 1.09 bits per heavy atom. The number of hydrogen-bond acceptors (Lipinski definition) is 6. The number of nitrogens with zero attached hydrogens (tertiary/aromatic N) is 2. The van der Waals surface area contributed by atoms with Gasteiger partial charge in [-0.1, -0.05) is 33.6 Å². The number of thiazole rings is 1. The molecule has 7 heteroatoms. The molecule has 0 radical (unpaired) electrons. The zero-order valence-corrected chi connectivity index (χ0v) is 24.0. The molecule has 2 fully saturated rings. The van der Waals surface area contributed by atoms with Crippen molar-refractivity contribution < 1.29 is 44.2 Å². The van der Waals surface area contributed by atoms with Gasteiger partial charge in [-0.25, -0.2) is 4.98 Å². The predicted octanol–water partition coefficient (Wildman–Crippen LogP) is 2.69. The van der Waals surface area contributed by atoms with Crippen LogP contribution in [0.15, 0.2) is 29.6 Å². The van der Waals surface area contributed by atoms with Crippen molar-refractivity contribution in [3.05, 3.63) is 29.6 Å². The molecule has 5 nitrogen and oxygen atoms in total. The second-order valence-corrected chi connectivity index (χ2v) is 11.6. The summed E-state index contributed by atoms with van der Waals surface area (Å²) in [6.45, 7) is 7.50. The van der Waals surface area contributed by atoms with Gasteiger partial charge in [0.05, 0.1) is 11.8 Å². The number of rotatable bonds is 8. The number of carboxylic acids is 1. The summed E-state index contributed by atoms with van der Waals surface area (Å²) in [5, 5.41) is 14.0. The van der Waals surface area contributed by atoms with Crippen molar-refractivity contribution in [1.82, 2.24) is 4.98 Å². The first-order valence-corrected chi connectivity index (χ1v) is 13.4. The maximum absolute atomic E-state index is 11.0. The van der Waals surface area contributed by atoms with Gasteiger partial charge in [-0.15, -0.1) is 11.3 Å². The number of aromatic nitrogens is 1. The molecule has 0 bridgehead atoms. The molecule has 2 saturated carbocycles. The third kappa shape index (κ3) is 7.22. The summed E-state index contributed by atoms with van der Waals surface area (Å²) in [5.41, 5.74) is 2.38. The first kappa shape index (κ1) is 27.5. The van der Waals surface area contributed by atoms with Crippen LogP contribution in [0.2, 0.25) is 0 Å². The van der Waals surface area contributed by atoms with Crippen LogP contribution >= 0.6 is 11.3 Å². The van der Waals surface area contributed by atoms with Crippen molar-refractivity contribution in [2.75, 3.05) is 11.4 Å². The third-order valence-electron chi connectivity index (χ3n) is 7.41. The molecular weight excluding hydrogens is 455 g/mol. The summed E-state index contributed by atoms with van der Waals surface area (Å²) in [6.07, 6.45) is 9.68. The number of carbonyl (C=O) groups is 1. The molecule has 0 aliphatic heterocycles. The topological polar surface area (TPSA) is 65.5 Å². The molecule has 4 rings (SSSR count). The van der Waals surface area contributed by atoms with Crippen molar-refractivity contribution in [2.24, 2.45) is 11.3 Å². The monoisotopic (exact) mass is 492 g/mol. The molecule has 0 saturated heterocycles. The van der Waals surface area contributed by atoms with Crippen LogP contribution in [-0.2, 0) is 4.79 Å². The number of carboxylic acid groups (broad SMARTS) is 1. The number of anilines is 1. The van der Waals surface area contributed by atoms with Crippen LogP contribution < -0.4 is 44.3 Å². The summed E-state index contributed by atoms with van der Waals surface area (Å²) >= 11 is 1.60. The standard InChI is InChI=1S/C27H38N2O3S.Na/c1-27(2,3)20-10-14-23(15-11-20)32-22-12-8-19(9-13-22)24-18-33-26(28-24)29(17-16-25(30)31)21-6-4-5-7-21;/h8-9,12-13,18,20-21,23H,4-7,10-11,14-17H2,1-3H3,(H,30,31);/q;+1/p-1. The second-order valence-electron chi connectivity index (χ2n) is 10.8. The Kier molecular flexibility index (Phi) is 9.91. The molecule has 0 N–H and O–H groups in total. The van der Waals surface area contributed by atoms with Gasteiger partial charge in [-0.3, -0.25) is 0 Å². The number of aliphatic carboxylic acids is 1. The van der Waals surface area contributed by atoms with Gasteiger partial charge in [0.2, 0.25) is 0 Å². The van der Waals surface area contributed by atoms with Crippen LogP contribution in [0.4, 0.5) is 5.13 Å². The van der Waals surface area contributed by atoms with E-state index >= 15 is 0 Å². The second kappa shape index (κ2) is 12.2. The zero-order valence-electron chi connectivity index (χ0n) is 21.2. The number of hydrogen-bond donors (Lipinski definition) is 0. The van der Waals surface area contributed by atoms with Crippen molar-refractivity contribution in [1.29, 1.82) is 0 Å². The molecule has 180 valence electrons. The first-order valence-electron chi connectivity index (χ1n) is 12.5. The van der Waals surface area contributed by atoms with Crippen LogP contribution in [-0.4, -0.2) is 29.6 Å². The van der Waals surface area contributed by atoms with E-state index in [9.17, 15) is 9.90 Å². The molecule has 1 aromatic carbocycles. The fourth-order valence-electron chi connectivity index (χ4n) is 5.33. The third-order valence-corrected chi connectivity index (χ3v) is 8.29. The maximum atomic E-state index is 11.0. The molecule has 2 aliphatic carbocycles. The van der Waals surface area contributed by atoms with E-state index in [1.807, 2.05) is 0 Å². The van der Waals surface area contributed by atoms with Crippen LogP contribution in [0, 0.1) is 11.3 Å². The zero-order chi connectivity index (χ0) is 23.4. The van der Waals surface area contributed by atoms with E-state index in [0.29, 0.717) is 24.1 Å². The summed E-state index contributed by atoms with van der Waals surface area (Å²) in [6, 6.07) is 8.64. The van der Waals surface area contributed by atoms with Gasteiger partial charge in [-0.05, 0) is 74.1 Å². The number of carbonyl (C=O) groups excluding carboxylic acids is 1. The molecule has 0 spiro atoms. The Balaban J connectivity index is 0.00000324. The van der Waals surface area contributed by atoms with Gasteiger partial charge >= 0.3 is 29.6 Å². The Morgan fingerprint density at radius 3 is 2.32 bits per heavy atom. The Bertz CT molecular complexity index is 911. The number of benzene rings is 1. The summed E-state index contributed by atoms with van der Waals surface area (Å²) in [7, 11) is 0. The van der Waals surface area contributed by atoms with E-state index in [-0.39, 0.29) is 36.0 Å². The molecule has 0 atom stereocenters. The van der Waals surface area contributed by atoms with Gasteiger partial charge in [0.1, 0.15) is 5.75 Å². The van der Waals surface area contributed by atoms with E-state index < -0.39 is 5.97 Å². The summed E-state index contributed by atoms with van der Waals surface area (Å²) < 4.78 is 6.28. The Labute approximate surface area is 230 Å². The Morgan fingerprint density at radius 2 is 1.74 bits per heavy atom. The van der Waals surface area contributed by atoms with Gasteiger partial charge in [0, 0.05) is 35.9 Å². The minimum atomic E-state index is -1.00. The van der Waals surface area contributed by atoms with Crippen LogP contribution in [0.25, 0.3) is 11.3 Å². The fraction of sp³-hybridized carbons (Fsp3) is 0.630. The van der Waals surface area contributed by atoms with Crippen molar-refractivity contribution in [2.45, 2.75) is 90.7 Å². The van der Waals surface area contributed by atoms with Gasteiger partial charge in [0.25, 0.3) is 0 Å². The van der Waals surface area contributed by atoms with E-state index in [0.717, 1.165) is 53.7 Å². The van der Waals surface area contributed by atoms with Crippen LogP contribution in [0.1, 0.15) is 78.6 Å². The van der Waals surface area contributed by atoms with Crippen molar-refractivity contribution in [3.8, 4) is 17.0 Å². The van der Waals surface area contributed by atoms with E-state index in [1.165, 1.54) is 25.7 Å². The SMILES string of the molecule is CC(C)(C)C1CCC(Oc2ccc(-c3csc(N(CCC(=O)[O-])C4CCCC4)n3)cc2)CC1.[Na+]. The quantitative estimate of drug-likeness (QED) is 0.530. The fourth-order valence-corrected chi connectivity index (χ4v) is 6.27. The van der Waals surface area contributed by atoms with Crippen molar-refractivity contribution in [3.63, 3.8) is 0 Å². The molecule has 1 aromatic heterocycles. The maximum Gasteiger partial charge on any atom is 1.00 e. The molecule has 0 unspecified atom stereocenters. The largest absolute Gasteiger partial charge is 1.00 e. The normalized spacial score (nSPS) is 21.1. The average Bonchev–Trinajstić information content (AvgIpc) is 3.47. The summed E-state index contributed by atoms with van der Waals surface area (Å²) in [5.74, 6) is 0.710. The number of ether oxygens (including phenoxy) is 1. The van der Waals surface area contributed by atoms with E-state index in [2.05, 4.69) is 55.3 Å². The summed E-state index contributed by atoms with van der Waals surface area (Å²) in [4.78, 5) is 18.1. The average molecular weight is 493 g/mol.